The van der Waals surface area contributed by atoms with Crippen LogP contribution in [-0.2, 0) is 4.79 Å². The average Bonchev–Trinajstić information content (AvgIpc) is 2.95. The number of para-hydroxylation sites is 1. The fourth-order valence-electron chi connectivity index (χ4n) is 2.74. The van der Waals surface area contributed by atoms with E-state index in [0.717, 1.165) is 0 Å². The van der Waals surface area contributed by atoms with Crippen LogP contribution in [0.25, 0.3) is 6.08 Å². The predicted octanol–water partition coefficient (Wildman–Crippen LogP) is 5.37. The second-order valence-corrected chi connectivity index (χ2v) is 6.76. The Hall–Kier alpha value is -2.76. The predicted molar refractivity (Wildman–Crippen MR) is 114 cm³/mol. The molecule has 3 rings (SSSR count). The molecule has 0 fully saturated rings. The molecule has 28 heavy (non-hydrogen) atoms. The SMILES string of the molecule is C=CCOc1c(Cl)cc(/C=C2/C(=O)N(c3ccccc3Cl)N=C2C)cc1OC. The third-order valence-corrected chi connectivity index (χ3v) is 4.65. The minimum absolute atomic E-state index is 0.271. The summed E-state index contributed by atoms with van der Waals surface area (Å²) in [4.78, 5) is 12.9. The first-order chi connectivity index (χ1) is 13.5. The van der Waals surface area contributed by atoms with Crippen molar-refractivity contribution in [2.75, 3.05) is 18.7 Å². The molecular formula is C21H18Cl2N2O3. The summed E-state index contributed by atoms with van der Waals surface area (Å²) in [6, 6.07) is 10.5. The molecule has 0 atom stereocenters. The molecule has 1 aliphatic heterocycles. The van der Waals surface area contributed by atoms with Gasteiger partial charge in [-0.15, -0.1) is 0 Å². The summed E-state index contributed by atoms with van der Waals surface area (Å²) in [7, 11) is 1.52. The van der Waals surface area contributed by atoms with E-state index in [0.29, 0.717) is 50.7 Å². The van der Waals surface area contributed by atoms with Crippen molar-refractivity contribution >= 4 is 46.6 Å². The lowest BCUT2D eigenvalue weighted by Crippen LogP contribution is -2.21. The normalized spacial score (nSPS) is 15.0. The molecule has 1 heterocycles. The van der Waals surface area contributed by atoms with Crippen LogP contribution in [0.4, 0.5) is 5.69 Å². The van der Waals surface area contributed by atoms with Crippen molar-refractivity contribution in [2.24, 2.45) is 5.10 Å². The average molecular weight is 417 g/mol. The zero-order valence-electron chi connectivity index (χ0n) is 15.4. The zero-order valence-corrected chi connectivity index (χ0v) is 16.9. The quantitative estimate of drug-likeness (QED) is 0.469. The van der Waals surface area contributed by atoms with E-state index in [9.17, 15) is 4.79 Å². The van der Waals surface area contributed by atoms with Gasteiger partial charge in [0.05, 0.1) is 34.1 Å². The summed E-state index contributed by atoms with van der Waals surface area (Å²) >= 11 is 12.5. The highest BCUT2D eigenvalue weighted by molar-refractivity contribution is 6.37. The standard InChI is InChI=1S/C21H18Cl2N2O3/c1-4-9-28-20-17(23)11-14(12-19(20)27-3)10-15-13(2)24-25(21(15)26)18-8-6-5-7-16(18)22/h4-8,10-12H,1,9H2,2-3H3/b15-10+. The number of rotatable bonds is 6. The number of ether oxygens (including phenoxy) is 2. The molecule has 0 bridgehead atoms. The Bertz CT molecular complexity index is 999. The highest BCUT2D eigenvalue weighted by Crippen LogP contribution is 2.38. The van der Waals surface area contributed by atoms with Crippen LogP contribution in [0.5, 0.6) is 11.5 Å². The number of hydrogen-bond acceptors (Lipinski definition) is 4. The summed E-state index contributed by atoms with van der Waals surface area (Å²) in [6.07, 6.45) is 3.33. The molecule has 0 N–H and O–H groups in total. The number of amides is 1. The highest BCUT2D eigenvalue weighted by atomic mass is 35.5. The van der Waals surface area contributed by atoms with Crippen LogP contribution in [0.3, 0.4) is 0 Å². The lowest BCUT2D eigenvalue weighted by atomic mass is 10.1. The fraction of sp³-hybridized carbons (Fsp3) is 0.143. The van der Waals surface area contributed by atoms with Crippen molar-refractivity contribution in [3.8, 4) is 11.5 Å². The molecule has 144 valence electrons. The van der Waals surface area contributed by atoms with Gasteiger partial charge in [0, 0.05) is 0 Å². The summed E-state index contributed by atoms with van der Waals surface area (Å²) < 4.78 is 10.9. The molecule has 1 amide bonds. The topological polar surface area (TPSA) is 51.1 Å². The molecule has 0 aliphatic carbocycles. The van der Waals surface area contributed by atoms with Gasteiger partial charge in [-0.2, -0.15) is 10.1 Å². The van der Waals surface area contributed by atoms with E-state index in [4.69, 9.17) is 32.7 Å². The number of carbonyl (C=O) groups is 1. The molecule has 2 aromatic rings. The van der Waals surface area contributed by atoms with Gasteiger partial charge >= 0.3 is 0 Å². The molecule has 7 heteroatoms. The van der Waals surface area contributed by atoms with E-state index in [-0.39, 0.29) is 5.91 Å². The van der Waals surface area contributed by atoms with Gasteiger partial charge in [0.15, 0.2) is 11.5 Å². The Morgan fingerprint density at radius 2 is 1.96 bits per heavy atom. The van der Waals surface area contributed by atoms with E-state index in [1.165, 1.54) is 12.1 Å². The first-order valence-electron chi connectivity index (χ1n) is 8.43. The summed E-state index contributed by atoms with van der Waals surface area (Å²) in [5, 5.41) is 6.46. The minimum Gasteiger partial charge on any atom is -0.493 e. The highest BCUT2D eigenvalue weighted by Gasteiger charge is 2.30. The van der Waals surface area contributed by atoms with Crippen molar-refractivity contribution in [3.63, 3.8) is 0 Å². The maximum absolute atomic E-state index is 12.9. The van der Waals surface area contributed by atoms with Crippen molar-refractivity contribution in [1.29, 1.82) is 0 Å². The third-order valence-electron chi connectivity index (χ3n) is 4.05. The van der Waals surface area contributed by atoms with Gasteiger partial charge in [-0.25, -0.2) is 0 Å². The number of carbonyl (C=O) groups excluding carboxylic acids is 1. The Morgan fingerprint density at radius 3 is 2.64 bits per heavy atom. The van der Waals surface area contributed by atoms with E-state index in [1.807, 2.05) is 0 Å². The number of benzene rings is 2. The molecule has 1 aliphatic rings. The molecule has 0 aromatic heterocycles. The maximum atomic E-state index is 12.9. The molecule has 0 spiro atoms. The second-order valence-electron chi connectivity index (χ2n) is 5.95. The lowest BCUT2D eigenvalue weighted by Gasteiger charge is -2.13. The van der Waals surface area contributed by atoms with Gasteiger partial charge in [0.1, 0.15) is 6.61 Å². The maximum Gasteiger partial charge on any atom is 0.280 e. The second kappa shape index (κ2) is 8.50. The number of hydrazone groups is 1. The van der Waals surface area contributed by atoms with Crippen LogP contribution in [0.15, 0.2) is 59.7 Å². The summed E-state index contributed by atoms with van der Waals surface area (Å²) in [5.74, 6) is 0.615. The number of nitrogens with zero attached hydrogens (tertiary/aromatic N) is 2. The Balaban J connectivity index is 1.97. The number of anilines is 1. The first kappa shape index (κ1) is 20.0. The Labute approximate surface area is 173 Å². The summed E-state index contributed by atoms with van der Waals surface area (Å²) in [6.45, 7) is 5.68. The van der Waals surface area contributed by atoms with E-state index in [1.54, 1.807) is 55.5 Å². The molecule has 2 aromatic carbocycles. The smallest absolute Gasteiger partial charge is 0.280 e. The van der Waals surface area contributed by atoms with Crippen LogP contribution in [0, 0.1) is 0 Å². The van der Waals surface area contributed by atoms with Gasteiger partial charge in [-0.05, 0) is 42.8 Å². The third kappa shape index (κ3) is 3.91. The monoisotopic (exact) mass is 416 g/mol. The van der Waals surface area contributed by atoms with Gasteiger partial charge in [-0.3, -0.25) is 4.79 Å². The van der Waals surface area contributed by atoms with Gasteiger partial charge < -0.3 is 9.47 Å². The number of hydrogen-bond donors (Lipinski definition) is 0. The van der Waals surface area contributed by atoms with Crippen LogP contribution in [0.1, 0.15) is 12.5 Å². The van der Waals surface area contributed by atoms with Crippen LogP contribution < -0.4 is 14.5 Å². The van der Waals surface area contributed by atoms with Gasteiger partial charge in [-0.1, -0.05) is 48.0 Å². The molecule has 0 radical (unpaired) electrons. The lowest BCUT2D eigenvalue weighted by molar-refractivity contribution is -0.114. The van der Waals surface area contributed by atoms with E-state index < -0.39 is 0 Å². The molecule has 5 nitrogen and oxygen atoms in total. The van der Waals surface area contributed by atoms with Crippen molar-refractivity contribution in [1.82, 2.24) is 0 Å². The van der Waals surface area contributed by atoms with E-state index >= 15 is 0 Å². The van der Waals surface area contributed by atoms with Crippen LogP contribution in [0.2, 0.25) is 10.0 Å². The summed E-state index contributed by atoms with van der Waals surface area (Å²) in [5.41, 5.74) is 2.23. The first-order valence-corrected chi connectivity index (χ1v) is 9.19. The van der Waals surface area contributed by atoms with Crippen molar-refractivity contribution in [3.05, 3.63) is 70.2 Å². The van der Waals surface area contributed by atoms with E-state index in [2.05, 4.69) is 11.7 Å². The molecule has 0 unspecified atom stereocenters. The fourth-order valence-corrected chi connectivity index (χ4v) is 3.23. The zero-order chi connectivity index (χ0) is 20.3. The number of halogens is 2. The van der Waals surface area contributed by atoms with Crippen molar-refractivity contribution < 1.29 is 14.3 Å². The van der Waals surface area contributed by atoms with Crippen molar-refractivity contribution in [2.45, 2.75) is 6.92 Å². The van der Waals surface area contributed by atoms with Gasteiger partial charge in [0.2, 0.25) is 0 Å². The molecule has 0 saturated carbocycles. The van der Waals surface area contributed by atoms with Crippen LogP contribution >= 0.6 is 23.2 Å². The Morgan fingerprint density at radius 1 is 1.21 bits per heavy atom. The largest absolute Gasteiger partial charge is 0.493 e. The molecule has 0 saturated heterocycles. The molecular weight excluding hydrogens is 399 g/mol. The number of methoxy groups -OCH3 is 1. The van der Waals surface area contributed by atoms with Crippen LogP contribution in [-0.4, -0.2) is 25.3 Å². The van der Waals surface area contributed by atoms with Gasteiger partial charge in [0.25, 0.3) is 5.91 Å². The minimum atomic E-state index is -0.271. The Kier molecular flexibility index (Phi) is 6.07.